The fourth-order valence-electron chi connectivity index (χ4n) is 1.95. The van der Waals surface area contributed by atoms with Gasteiger partial charge in [0.15, 0.2) is 0 Å². The van der Waals surface area contributed by atoms with Crippen LogP contribution < -0.4 is 10.5 Å². The lowest BCUT2D eigenvalue weighted by Gasteiger charge is -2.16. The highest BCUT2D eigenvalue weighted by atomic mass is 35.5. The van der Waals surface area contributed by atoms with Crippen LogP contribution in [0.25, 0.3) is 0 Å². The summed E-state index contributed by atoms with van der Waals surface area (Å²) in [5.41, 5.74) is 5.77. The van der Waals surface area contributed by atoms with Crippen molar-refractivity contribution in [3.8, 4) is 0 Å². The van der Waals surface area contributed by atoms with Crippen molar-refractivity contribution in [2.75, 3.05) is 5.73 Å². The van der Waals surface area contributed by atoms with Crippen molar-refractivity contribution in [2.45, 2.75) is 50.5 Å². The van der Waals surface area contributed by atoms with Crippen LogP contribution in [0.1, 0.15) is 39.5 Å². The lowest BCUT2D eigenvalue weighted by molar-refractivity contribution is 0.527. The van der Waals surface area contributed by atoms with E-state index in [4.69, 9.17) is 28.9 Å². The van der Waals surface area contributed by atoms with Crippen molar-refractivity contribution in [2.24, 2.45) is 0 Å². The van der Waals surface area contributed by atoms with Crippen LogP contribution in [0, 0.1) is 0 Å². The summed E-state index contributed by atoms with van der Waals surface area (Å²) in [4.78, 5) is -0.106. The van der Waals surface area contributed by atoms with Crippen LogP contribution in [0.15, 0.2) is 17.0 Å². The van der Waals surface area contributed by atoms with Crippen molar-refractivity contribution in [3.05, 3.63) is 22.2 Å². The molecule has 0 heterocycles. The van der Waals surface area contributed by atoms with Gasteiger partial charge in [-0.25, -0.2) is 13.1 Å². The summed E-state index contributed by atoms with van der Waals surface area (Å²) in [5.74, 6) is 0. The predicted molar refractivity (Wildman–Crippen MR) is 84.8 cm³/mol. The van der Waals surface area contributed by atoms with Crippen molar-refractivity contribution in [3.63, 3.8) is 0 Å². The molecule has 0 bridgehead atoms. The molecule has 3 N–H and O–H groups in total. The normalized spacial score (nSPS) is 13.4. The van der Waals surface area contributed by atoms with Crippen molar-refractivity contribution < 1.29 is 8.42 Å². The molecule has 1 aromatic rings. The summed E-state index contributed by atoms with van der Waals surface area (Å²) in [6.45, 7) is 3.93. The van der Waals surface area contributed by atoms with E-state index in [0.717, 1.165) is 25.7 Å². The van der Waals surface area contributed by atoms with Crippen LogP contribution in [0.5, 0.6) is 0 Å². The average molecular weight is 339 g/mol. The lowest BCUT2D eigenvalue weighted by atomic mass is 10.1. The summed E-state index contributed by atoms with van der Waals surface area (Å²) in [6, 6.07) is 2.58. The number of halogens is 2. The molecule has 0 spiro atoms. The first-order chi connectivity index (χ1) is 9.27. The minimum atomic E-state index is -3.74. The van der Waals surface area contributed by atoms with Gasteiger partial charge >= 0.3 is 0 Å². The third-order valence-electron chi connectivity index (χ3n) is 2.90. The van der Waals surface area contributed by atoms with Crippen LogP contribution in [0.3, 0.4) is 0 Å². The number of hydrogen-bond donors (Lipinski definition) is 2. The second-order valence-corrected chi connectivity index (χ2v) is 7.32. The molecule has 0 aromatic heterocycles. The molecule has 0 saturated carbocycles. The number of anilines is 1. The zero-order valence-electron chi connectivity index (χ0n) is 11.6. The molecule has 114 valence electrons. The molecule has 0 amide bonds. The molecule has 1 unspecified atom stereocenters. The Morgan fingerprint density at radius 2 is 1.95 bits per heavy atom. The van der Waals surface area contributed by atoms with E-state index < -0.39 is 10.0 Å². The Hall–Kier alpha value is -0.490. The van der Waals surface area contributed by atoms with Crippen molar-refractivity contribution in [1.29, 1.82) is 0 Å². The Morgan fingerprint density at radius 3 is 2.50 bits per heavy atom. The molecule has 20 heavy (non-hydrogen) atoms. The number of nitrogens with one attached hydrogen (secondary N) is 1. The Balaban J connectivity index is 2.89. The van der Waals surface area contributed by atoms with E-state index in [1.165, 1.54) is 12.1 Å². The van der Waals surface area contributed by atoms with E-state index in [2.05, 4.69) is 11.6 Å². The molecule has 7 heteroatoms. The van der Waals surface area contributed by atoms with Crippen molar-refractivity contribution >= 4 is 38.9 Å². The minimum absolute atomic E-state index is 0.0308. The molecular formula is C13H20Cl2N2O2S. The van der Waals surface area contributed by atoms with Gasteiger partial charge in [-0.05, 0) is 25.5 Å². The molecule has 1 rings (SSSR count). The SMILES string of the molecule is CCCCCC(C)NS(=O)(=O)c1c(N)cc(Cl)cc1Cl. The molecule has 0 aliphatic rings. The summed E-state index contributed by atoms with van der Waals surface area (Å²) in [7, 11) is -3.74. The molecule has 0 fully saturated rings. The zero-order chi connectivity index (χ0) is 15.3. The number of hydrogen-bond acceptors (Lipinski definition) is 3. The smallest absolute Gasteiger partial charge is 0.244 e. The number of nitrogens with two attached hydrogens (primary N) is 1. The largest absolute Gasteiger partial charge is 0.398 e. The van der Waals surface area contributed by atoms with Crippen LogP contribution in [-0.4, -0.2) is 14.5 Å². The van der Waals surface area contributed by atoms with E-state index in [0.29, 0.717) is 5.02 Å². The molecule has 0 aliphatic heterocycles. The van der Waals surface area contributed by atoms with Gasteiger partial charge in [0.05, 0.1) is 10.7 Å². The maximum Gasteiger partial charge on any atom is 0.244 e. The topological polar surface area (TPSA) is 72.2 Å². The fraction of sp³-hybridized carbons (Fsp3) is 0.538. The van der Waals surface area contributed by atoms with E-state index in [1.54, 1.807) is 0 Å². The summed E-state index contributed by atoms with van der Waals surface area (Å²) in [6.07, 6.45) is 3.92. The lowest BCUT2D eigenvalue weighted by Crippen LogP contribution is -2.33. The van der Waals surface area contributed by atoms with Gasteiger partial charge < -0.3 is 5.73 Å². The van der Waals surface area contributed by atoms with Gasteiger partial charge in [-0.3, -0.25) is 0 Å². The van der Waals surface area contributed by atoms with Crippen molar-refractivity contribution in [1.82, 2.24) is 4.72 Å². The van der Waals surface area contributed by atoms with Crippen LogP contribution in [0.2, 0.25) is 10.0 Å². The van der Waals surface area contributed by atoms with Gasteiger partial charge in [0, 0.05) is 11.1 Å². The maximum absolute atomic E-state index is 12.3. The van der Waals surface area contributed by atoms with Crippen LogP contribution in [-0.2, 0) is 10.0 Å². The second kappa shape index (κ2) is 7.50. The molecule has 0 radical (unpaired) electrons. The molecule has 0 saturated heterocycles. The Bertz CT molecular complexity index is 538. The number of sulfonamides is 1. The van der Waals surface area contributed by atoms with Gasteiger partial charge in [-0.15, -0.1) is 0 Å². The molecule has 1 aromatic carbocycles. The van der Waals surface area contributed by atoms with E-state index in [1.807, 2.05) is 6.92 Å². The van der Waals surface area contributed by atoms with E-state index >= 15 is 0 Å². The van der Waals surface area contributed by atoms with Crippen LogP contribution in [0.4, 0.5) is 5.69 Å². The molecule has 4 nitrogen and oxygen atoms in total. The summed E-state index contributed by atoms with van der Waals surface area (Å²) < 4.78 is 27.2. The van der Waals surface area contributed by atoms with Gasteiger partial charge in [0.25, 0.3) is 0 Å². The minimum Gasteiger partial charge on any atom is -0.398 e. The van der Waals surface area contributed by atoms with Crippen LogP contribution >= 0.6 is 23.2 Å². The number of unbranched alkanes of at least 4 members (excludes halogenated alkanes) is 2. The monoisotopic (exact) mass is 338 g/mol. The zero-order valence-corrected chi connectivity index (χ0v) is 13.9. The highest BCUT2D eigenvalue weighted by Gasteiger charge is 2.23. The number of rotatable bonds is 7. The van der Waals surface area contributed by atoms with Gasteiger partial charge in [-0.2, -0.15) is 0 Å². The quantitative estimate of drug-likeness (QED) is 0.586. The molecule has 1 atom stereocenters. The highest BCUT2D eigenvalue weighted by Crippen LogP contribution is 2.31. The van der Waals surface area contributed by atoms with Gasteiger partial charge in [0.1, 0.15) is 4.90 Å². The Morgan fingerprint density at radius 1 is 1.30 bits per heavy atom. The average Bonchev–Trinajstić information content (AvgIpc) is 2.26. The first kappa shape index (κ1) is 17.6. The second-order valence-electron chi connectivity index (χ2n) is 4.82. The number of benzene rings is 1. The molecular weight excluding hydrogens is 319 g/mol. The van der Waals surface area contributed by atoms with Gasteiger partial charge in [0.2, 0.25) is 10.0 Å². The summed E-state index contributed by atoms with van der Waals surface area (Å²) >= 11 is 11.7. The highest BCUT2D eigenvalue weighted by molar-refractivity contribution is 7.89. The fourth-order valence-corrected chi connectivity index (χ4v) is 4.21. The standard InChI is InChI=1S/C13H20Cl2N2O2S/c1-3-4-5-6-9(2)17-20(18,19)13-11(15)7-10(14)8-12(13)16/h7-9,17H,3-6,16H2,1-2H3. The van der Waals surface area contributed by atoms with Gasteiger partial charge in [-0.1, -0.05) is 49.4 Å². The van der Waals surface area contributed by atoms with E-state index in [9.17, 15) is 8.42 Å². The Labute approximate surface area is 130 Å². The first-order valence-corrected chi connectivity index (χ1v) is 8.78. The third-order valence-corrected chi connectivity index (χ3v) is 5.24. The maximum atomic E-state index is 12.3. The third kappa shape index (κ3) is 4.81. The number of nitrogen functional groups attached to an aromatic ring is 1. The molecule has 0 aliphatic carbocycles. The summed E-state index contributed by atoms with van der Waals surface area (Å²) in [5, 5.41) is 0.339. The first-order valence-electron chi connectivity index (χ1n) is 6.54. The Kier molecular flexibility index (Phi) is 6.58. The van der Waals surface area contributed by atoms with E-state index in [-0.39, 0.29) is 21.6 Å². The predicted octanol–water partition coefficient (Wildman–Crippen LogP) is 3.82.